The second-order valence-corrected chi connectivity index (χ2v) is 18.6. The summed E-state index contributed by atoms with van der Waals surface area (Å²) in [6, 6.07) is 14.5. The maximum Gasteiger partial charge on any atom is 0.355 e. The van der Waals surface area contributed by atoms with Crippen LogP contribution >= 0.6 is 11.3 Å². The Morgan fingerprint density at radius 2 is 1.43 bits per heavy atom. The molecule has 65 heavy (non-hydrogen) atoms. The average molecular weight is 901 g/mol. The van der Waals surface area contributed by atoms with Gasteiger partial charge in [0.2, 0.25) is 23.6 Å². The highest BCUT2D eigenvalue weighted by molar-refractivity contribution is 7.18. The molecule has 4 amide bonds. The van der Waals surface area contributed by atoms with Crippen molar-refractivity contribution in [3.05, 3.63) is 83.4 Å². The molecule has 2 unspecified atom stereocenters. The molecule has 3 aliphatic heterocycles. The number of aromatic nitrogens is 3. The van der Waals surface area contributed by atoms with E-state index in [1.54, 1.807) is 22.4 Å². The minimum atomic E-state index is -0.756. The Labute approximate surface area is 381 Å². The molecule has 0 bridgehead atoms. The van der Waals surface area contributed by atoms with Gasteiger partial charge in [0.05, 0.1) is 41.3 Å². The van der Waals surface area contributed by atoms with Crippen molar-refractivity contribution in [2.75, 3.05) is 26.8 Å². The number of imidazole rings is 1. The van der Waals surface area contributed by atoms with Gasteiger partial charge in [-0.2, -0.15) is 0 Å². The van der Waals surface area contributed by atoms with Crippen molar-refractivity contribution >= 4 is 62.4 Å². The number of likely N-dealkylation sites (tertiary alicyclic amines) is 2. The summed E-state index contributed by atoms with van der Waals surface area (Å²) in [5.74, 6) is -1.07. The molecule has 0 aliphatic carbocycles. The summed E-state index contributed by atoms with van der Waals surface area (Å²) in [6.45, 7) is 9.56. The first-order valence-electron chi connectivity index (χ1n) is 22.3. The number of H-pyrrole nitrogens is 2. The van der Waals surface area contributed by atoms with Crippen LogP contribution in [0.4, 0.5) is 0 Å². The van der Waals surface area contributed by atoms with Gasteiger partial charge in [0, 0.05) is 54.9 Å². The second kappa shape index (κ2) is 19.0. The fraction of sp³-hybridized carbons (Fsp3) is 0.408. The standard InChI is InChI=1S/C49H56N8O7S/c1-26(2)41(52-28(5)59)47(61)56-19-7-9-37(56)35-21-33(22-50-35)29-11-13-30(14-12-29)34-25-65-45-40(44(49(63)64-6)55-43(34)45)32-17-15-31(16-18-32)36-23-51-46(53-36)38-10-8-20-57(38)48(62)42(27(3)4)54-39(60)24-58/h11-18,22-23,25-27,37-38,41-42,55,58H,7-10,19-21,24H2,1-6H3,(H,51,53)(H,52,59)(H,54,60)/t37?,38?,41-,42-/m0/s1. The zero-order chi connectivity index (χ0) is 46.1. The fourth-order valence-electron chi connectivity index (χ4n) is 9.38. The number of nitrogens with zero attached hydrogens (tertiary/aromatic N) is 4. The number of hydrogen-bond donors (Lipinski definition) is 5. The molecule has 3 aromatic heterocycles. The molecule has 5 aromatic rings. The Kier molecular flexibility index (Phi) is 13.2. The van der Waals surface area contributed by atoms with Gasteiger partial charge < -0.3 is 40.2 Å². The molecular formula is C49H56N8O7S. The molecule has 2 aromatic carbocycles. The van der Waals surface area contributed by atoms with Gasteiger partial charge in [-0.3, -0.25) is 24.2 Å². The molecule has 15 nitrogen and oxygen atoms in total. The van der Waals surface area contributed by atoms with Crippen molar-refractivity contribution in [2.45, 2.75) is 90.9 Å². The van der Waals surface area contributed by atoms with E-state index in [1.165, 1.54) is 14.0 Å². The lowest BCUT2D eigenvalue weighted by molar-refractivity contribution is -0.139. The largest absolute Gasteiger partial charge is 0.464 e. The number of hydrogen-bond acceptors (Lipinski definition) is 10. The van der Waals surface area contributed by atoms with Gasteiger partial charge in [0.1, 0.15) is 30.2 Å². The van der Waals surface area contributed by atoms with E-state index in [-0.39, 0.29) is 41.6 Å². The van der Waals surface area contributed by atoms with E-state index in [0.717, 1.165) is 86.3 Å². The van der Waals surface area contributed by atoms with Gasteiger partial charge in [-0.05, 0) is 65.3 Å². The normalized spacial score (nSPS) is 18.3. The first-order chi connectivity index (χ1) is 31.3. The summed E-state index contributed by atoms with van der Waals surface area (Å²) < 4.78 is 6.17. The van der Waals surface area contributed by atoms with Gasteiger partial charge in [0.15, 0.2) is 0 Å². The molecule has 3 aliphatic rings. The van der Waals surface area contributed by atoms with Crippen molar-refractivity contribution in [3.63, 3.8) is 0 Å². The van der Waals surface area contributed by atoms with Crippen LogP contribution in [0.5, 0.6) is 0 Å². The van der Waals surface area contributed by atoms with Crippen LogP contribution in [0, 0.1) is 11.8 Å². The molecule has 2 saturated heterocycles. The van der Waals surface area contributed by atoms with Gasteiger partial charge in [0.25, 0.3) is 0 Å². The maximum absolute atomic E-state index is 13.6. The zero-order valence-corrected chi connectivity index (χ0v) is 38.4. The van der Waals surface area contributed by atoms with E-state index >= 15 is 0 Å². The number of ether oxygens (including phenoxy) is 1. The summed E-state index contributed by atoms with van der Waals surface area (Å²) in [5.41, 5.74) is 9.46. The predicted octanol–water partition coefficient (Wildman–Crippen LogP) is 6.87. The smallest absolute Gasteiger partial charge is 0.355 e. The average Bonchev–Trinajstić information content (AvgIpc) is 4.16. The van der Waals surface area contributed by atoms with Crippen LogP contribution in [-0.2, 0) is 23.9 Å². The molecule has 6 heterocycles. The van der Waals surface area contributed by atoms with Crippen LogP contribution in [0.15, 0.2) is 71.3 Å². The number of esters is 1. The highest BCUT2D eigenvalue weighted by atomic mass is 32.1. The van der Waals surface area contributed by atoms with E-state index in [2.05, 4.69) is 55.2 Å². The summed E-state index contributed by atoms with van der Waals surface area (Å²) in [5, 5.41) is 16.9. The lowest BCUT2D eigenvalue weighted by atomic mass is 9.96. The van der Waals surface area contributed by atoms with E-state index in [0.29, 0.717) is 31.0 Å². The van der Waals surface area contributed by atoms with Gasteiger partial charge in [-0.1, -0.05) is 76.2 Å². The van der Waals surface area contributed by atoms with Crippen molar-refractivity contribution < 1.29 is 33.8 Å². The number of fused-ring (bicyclic) bond motifs is 1. The molecule has 5 N–H and O–H groups in total. The Morgan fingerprint density at radius 1 is 0.831 bits per heavy atom. The third kappa shape index (κ3) is 9.01. The number of aromatic amines is 2. The first-order valence-corrected chi connectivity index (χ1v) is 23.2. The van der Waals surface area contributed by atoms with Crippen molar-refractivity contribution in [3.8, 4) is 33.5 Å². The predicted molar refractivity (Wildman–Crippen MR) is 251 cm³/mol. The molecule has 16 heteroatoms. The summed E-state index contributed by atoms with van der Waals surface area (Å²) in [6.07, 6.45) is 7.54. The SMILES string of the molecule is COC(=O)c1[nH]c2c(-c3ccc(C4=CN=C(C5CCCN5C(=O)[C@@H](NC(C)=O)C(C)C)C4)cc3)csc2c1-c1ccc(-c2cnc(C3CCCN3C(=O)[C@@H](NC(=O)CO)C(C)C)[nH]2)cc1. The Morgan fingerprint density at radius 3 is 2.06 bits per heavy atom. The maximum atomic E-state index is 13.6. The summed E-state index contributed by atoms with van der Waals surface area (Å²) in [7, 11) is 1.37. The number of aliphatic hydroxyl groups excluding tert-OH is 1. The minimum Gasteiger partial charge on any atom is -0.464 e. The van der Waals surface area contributed by atoms with Crippen molar-refractivity contribution in [1.29, 1.82) is 0 Å². The number of thiophene rings is 1. The molecule has 0 radical (unpaired) electrons. The number of benzene rings is 2. The monoisotopic (exact) mass is 900 g/mol. The molecular weight excluding hydrogens is 845 g/mol. The number of nitrogens with one attached hydrogen (secondary N) is 4. The number of aliphatic hydroxyl groups is 1. The van der Waals surface area contributed by atoms with E-state index in [1.807, 2.05) is 63.1 Å². The van der Waals surface area contributed by atoms with Gasteiger partial charge in [-0.15, -0.1) is 11.3 Å². The van der Waals surface area contributed by atoms with E-state index < -0.39 is 30.6 Å². The topological polar surface area (TPSA) is 202 Å². The quantitative estimate of drug-likeness (QED) is 0.0743. The highest BCUT2D eigenvalue weighted by Crippen LogP contribution is 2.43. The zero-order valence-electron chi connectivity index (χ0n) is 37.6. The Balaban J connectivity index is 0.978. The number of methoxy groups -OCH3 is 1. The van der Waals surface area contributed by atoms with Crippen molar-refractivity contribution in [1.82, 2.24) is 35.4 Å². The molecule has 340 valence electrons. The number of amides is 4. The van der Waals surface area contributed by atoms with Crippen LogP contribution in [0.1, 0.15) is 94.6 Å². The van der Waals surface area contributed by atoms with Crippen LogP contribution in [0.3, 0.4) is 0 Å². The number of rotatable bonds is 14. The van der Waals surface area contributed by atoms with Crippen LogP contribution in [0.25, 0.3) is 49.3 Å². The van der Waals surface area contributed by atoms with E-state index in [9.17, 15) is 29.1 Å². The van der Waals surface area contributed by atoms with Crippen molar-refractivity contribution in [2.24, 2.45) is 16.8 Å². The minimum absolute atomic E-state index is 0.0344. The fourth-order valence-corrected chi connectivity index (χ4v) is 10.5. The first kappa shape index (κ1) is 45.2. The van der Waals surface area contributed by atoms with E-state index in [4.69, 9.17) is 9.73 Å². The molecule has 2 fully saturated rings. The lowest BCUT2D eigenvalue weighted by Gasteiger charge is -2.31. The van der Waals surface area contributed by atoms with Gasteiger partial charge in [-0.25, -0.2) is 9.78 Å². The lowest BCUT2D eigenvalue weighted by Crippen LogP contribution is -2.53. The van der Waals surface area contributed by atoms with Crippen LogP contribution < -0.4 is 10.6 Å². The molecule has 4 atom stereocenters. The third-order valence-corrected chi connectivity index (χ3v) is 13.8. The Bertz CT molecular complexity index is 2670. The second-order valence-electron chi connectivity index (χ2n) is 17.8. The molecule has 8 rings (SSSR count). The van der Waals surface area contributed by atoms with Crippen LogP contribution in [-0.4, -0.2) is 110 Å². The molecule has 0 spiro atoms. The highest BCUT2D eigenvalue weighted by Gasteiger charge is 2.39. The number of carbonyl (C=O) groups is 5. The van der Waals surface area contributed by atoms with Gasteiger partial charge >= 0.3 is 5.97 Å². The number of carbonyl (C=O) groups excluding carboxylic acids is 5. The van der Waals surface area contributed by atoms with Crippen LogP contribution in [0.2, 0.25) is 0 Å². The number of allylic oxidation sites excluding steroid dienone is 1. The summed E-state index contributed by atoms with van der Waals surface area (Å²) >= 11 is 1.55. The summed E-state index contributed by atoms with van der Waals surface area (Å²) in [4.78, 5) is 84.4. The third-order valence-electron chi connectivity index (χ3n) is 12.8. The molecule has 0 saturated carbocycles. The Hall–Kier alpha value is -6.39. The number of aliphatic imine (C=N–C) groups is 1.